The Labute approximate surface area is 209 Å². The number of hydrogen-bond acceptors (Lipinski definition) is 5. The molecule has 6 nitrogen and oxygen atoms in total. The van der Waals surface area contributed by atoms with Crippen molar-refractivity contribution in [3.05, 3.63) is 113 Å². The van der Waals surface area contributed by atoms with E-state index in [-0.39, 0.29) is 5.91 Å². The van der Waals surface area contributed by atoms with Crippen LogP contribution in [0, 0.1) is 22.7 Å². The number of aryl methyl sites for hydroxylation is 1. The number of para-hydroxylation sites is 1. The van der Waals surface area contributed by atoms with Crippen LogP contribution in [0.1, 0.15) is 33.5 Å². The highest BCUT2D eigenvalue weighted by Gasteiger charge is 2.24. The van der Waals surface area contributed by atoms with Crippen molar-refractivity contribution in [3.63, 3.8) is 0 Å². The molecule has 36 heavy (non-hydrogen) atoms. The second-order valence-electron chi connectivity index (χ2n) is 8.36. The molecular formula is C30H21N3O3. The minimum absolute atomic E-state index is 0.142. The maximum atomic E-state index is 13.7. The van der Waals surface area contributed by atoms with Crippen LogP contribution in [0.2, 0.25) is 0 Å². The summed E-state index contributed by atoms with van der Waals surface area (Å²) in [6, 6.07) is 30.7. The van der Waals surface area contributed by atoms with Gasteiger partial charge in [0.15, 0.2) is 0 Å². The van der Waals surface area contributed by atoms with Crippen LogP contribution in [0.15, 0.2) is 91.0 Å². The molecule has 0 fully saturated rings. The van der Waals surface area contributed by atoms with E-state index in [1.807, 2.05) is 18.2 Å². The third-order valence-electron chi connectivity index (χ3n) is 5.92. The maximum Gasteiger partial charge on any atom is 0.258 e. The molecule has 5 rings (SSSR count). The number of nitrogens with zero attached hydrogens (tertiary/aromatic N) is 3. The lowest BCUT2D eigenvalue weighted by molar-refractivity contribution is 0.0984. The van der Waals surface area contributed by atoms with Gasteiger partial charge in [-0.05, 0) is 85.1 Å². The number of carbonyl (C=O) groups excluding carboxylic acids is 1. The Balaban J connectivity index is 1.50. The van der Waals surface area contributed by atoms with Gasteiger partial charge in [-0.1, -0.05) is 18.2 Å². The molecule has 0 saturated carbocycles. The maximum absolute atomic E-state index is 13.7. The van der Waals surface area contributed by atoms with Gasteiger partial charge in [0.05, 0.1) is 23.3 Å². The molecule has 1 amide bonds. The Kier molecular flexibility index (Phi) is 6.34. The number of rotatable bonds is 5. The quantitative estimate of drug-likeness (QED) is 0.327. The summed E-state index contributed by atoms with van der Waals surface area (Å²) in [4.78, 5) is 15.5. The summed E-state index contributed by atoms with van der Waals surface area (Å²) in [5.74, 6) is 1.79. The lowest BCUT2D eigenvalue weighted by Crippen LogP contribution is -2.35. The van der Waals surface area contributed by atoms with E-state index in [1.165, 1.54) is 0 Å². The molecule has 174 valence electrons. The van der Waals surface area contributed by atoms with Crippen molar-refractivity contribution in [3.8, 4) is 35.1 Å². The number of anilines is 1. The van der Waals surface area contributed by atoms with Crippen LogP contribution in [0.5, 0.6) is 23.0 Å². The fourth-order valence-electron chi connectivity index (χ4n) is 4.18. The molecule has 4 aromatic rings. The minimum atomic E-state index is -0.142. The predicted molar refractivity (Wildman–Crippen MR) is 135 cm³/mol. The number of nitriles is 2. The zero-order valence-corrected chi connectivity index (χ0v) is 19.3. The second kappa shape index (κ2) is 10.0. The number of carbonyl (C=O) groups is 1. The van der Waals surface area contributed by atoms with E-state index in [1.54, 1.807) is 71.6 Å². The predicted octanol–water partition coefficient (Wildman–Crippen LogP) is 6.61. The van der Waals surface area contributed by atoms with E-state index in [0.29, 0.717) is 46.2 Å². The van der Waals surface area contributed by atoms with Gasteiger partial charge in [-0.25, -0.2) is 0 Å². The first-order valence-electron chi connectivity index (χ1n) is 11.5. The first-order valence-corrected chi connectivity index (χ1v) is 11.5. The van der Waals surface area contributed by atoms with Crippen LogP contribution in [0.25, 0.3) is 0 Å². The molecule has 0 saturated heterocycles. The van der Waals surface area contributed by atoms with Crippen LogP contribution >= 0.6 is 0 Å². The largest absolute Gasteiger partial charge is 0.457 e. The summed E-state index contributed by atoms with van der Waals surface area (Å²) in [5.41, 5.74) is 3.55. The molecule has 0 spiro atoms. The average molecular weight is 472 g/mol. The van der Waals surface area contributed by atoms with Crippen LogP contribution in [0.4, 0.5) is 5.69 Å². The summed E-state index contributed by atoms with van der Waals surface area (Å²) in [5, 5.41) is 18.1. The smallest absolute Gasteiger partial charge is 0.258 e. The van der Waals surface area contributed by atoms with Gasteiger partial charge >= 0.3 is 0 Å². The molecule has 0 aliphatic carbocycles. The molecule has 0 radical (unpaired) electrons. The van der Waals surface area contributed by atoms with Crippen LogP contribution < -0.4 is 14.4 Å². The van der Waals surface area contributed by atoms with Gasteiger partial charge in [0.25, 0.3) is 5.91 Å². The summed E-state index contributed by atoms with van der Waals surface area (Å²) >= 11 is 0. The number of hydrogen-bond donors (Lipinski definition) is 0. The molecule has 4 aromatic carbocycles. The number of ether oxygens (including phenoxy) is 2. The molecular weight excluding hydrogens is 450 g/mol. The topological polar surface area (TPSA) is 86.3 Å². The fourth-order valence-corrected chi connectivity index (χ4v) is 4.18. The van der Waals surface area contributed by atoms with E-state index >= 15 is 0 Å². The van der Waals surface area contributed by atoms with Crippen molar-refractivity contribution < 1.29 is 14.3 Å². The standard InChI is InChI=1S/C30H21N3O3/c31-19-21-7-11-25(12-8-21)35-27-16-24(17-28(18-27)36-26-13-9-22(20-32)10-14-26)30(34)33-15-3-5-23-4-1-2-6-29(23)33/h1-2,4,6-14,16-18H,3,5,15H2. The first-order chi connectivity index (χ1) is 17.6. The lowest BCUT2D eigenvalue weighted by Gasteiger charge is -2.29. The highest BCUT2D eigenvalue weighted by atomic mass is 16.5. The zero-order valence-electron chi connectivity index (χ0n) is 19.3. The van der Waals surface area contributed by atoms with Gasteiger partial charge < -0.3 is 14.4 Å². The summed E-state index contributed by atoms with van der Waals surface area (Å²) in [6.45, 7) is 0.627. The van der Waals surface area contributed by atoms with E-state index in [2.05, 4.69) is 18.2 Å². The summed E-state index contributed by atoms with van der Waals surface area (Å²) in [6.07, 6.45) is 1.83. The first kappa shape index (κ1) is 22.7. The van der Waals surface area contributed by atoms with Gasteiger partial charge in [-0.2, -0.15) is 10.5 Å². The van der Waals surface area contributed by atoms with Crippen molar-refractivity contribution in [1.29, 1.82) is 10.5 Å². The molecule has 6 heteroatoms. The second-order valence-corrected chi connectivity index (χ2v) is 8.36. The lowest BCUT2D eigenvalue weighted by atomic mass is 10.0. The van der Waals surface area contributed by atoms with E-state index in [9.17, 15) is 4.79 Å². The molecule has 0 aromatic heterocycles. The van der Waals surface area contributed by atoms with Crippen molar-refractivity contribution in [2.24, 2.45) is 0 Å². The highest BCUT2D eigenvalue weighted by molar-refractivity contribution is 6.07. The van der Waals surface area contributed by atoms with Crippen LogP contribution in [0.3, 0.4) is 0 Å². The fraction of sp³-hybridized carbons (Fsp3) is 0.100. The zero-order chi connectivity index (χ0) is 24.9. The van der Waals surface area contributed by atoms with Gasteiger partial charge in [0, 0.05) is 23.9 Å². The number of amides is 1. The summed E-state index contributed by atoms with van der Waals surface area (Å²) in [7, 11) is 0. The average Bonchev–Trinajstić information content (AvgIpc) is 2.93. The van der Waals surface area contributed by atoms with Crippen LogP contribution in [-0.4, -0.2) is 12.5 Å². The van der Waals surface area contributed by atoms with Gasteiger partial charge in [0.1, 0.15) is 23.0 Å². The minimum Gasteiger partial charge on any atom is -0.457 e. The third-order valence-corrected chi connectivity index (χ3v) is 5.92. The van der Waals surface area contributed by atoms with Gasteiger partial charge in [0.2, 0.25) is 0 Å². The Morgan fingerprint density at radius 2 is 1.28 bits per heavy atom. The molecule has 0 atom stereocenters. The molecule has 1 aliphatic rings. The molecule has 1 aliphatic heterocycles. The van der Waals surface area contributed by atoms with Crippen molar-refractivity contribution >= 4 is 11.6 Å². The van der Waals surface area contributed by atoms with E-state index < -0.39 is 0 Å². The monoisotopic (exact) mass is 471 g/mol. The molecule has 1 heterocycles. The molecule has 0 unspecified atom stereocenters. The Bertz CT molecular complexity index is 1420. The Hall–Kier alpha value is -5.07. The summed E-state index contributed by atoms with van der Waals surface area (Å²) < 4.78 is 12.1. The Morgan fingerprint density at radius 1 is 0.722 bits per heavy atom. The third kappa shape index (κ3) is 4.89. The van der Waals surface area contributed by atoms with Gasteiger partial charge in [-0.15, -0.1) is 0 Å². The number of benzene rings is 4. The van der Waals surface area contributed by atoms with Crippen molar-refractivity contribution in [2.45, 2.75) is 12.8 Å². The Morgan fingerprint density at radius 3 is 1.83 bits per heavy atom. The normalized spacial score (nSPS) is 12.1. The number of fused-ring (bicyclic) bond motifs is 1. The van der Waals surface area contributed by atoms with E-state index in [0.717, 1.165) is 24.1 Å². The highest BCUT2D eigenvalue weighted by Crippen LogP contribution is 2.33. The molecule has 0 N–H and O–H groups in total. The van der Waals surface area contributed by atoms with Gasteiger partial charge in [-0.3, -0.25) is 4.79 Å². The van der Waals surface area contributed by atoms with Crippen LogP contribution in [-0.2, 0) is 6.42 Å². The SMILES string of the molecule is N#Cc1ccc(Oc2cc(Oc3ccc(C#N)cc3)cc(C(=O)N3CCCc4ccccc43)c2)cc1. The molecule has 0 bridgehead atoms. The van der Waals surface area contributed by atoms with Crippen molar-refractivity contribution in [2.75, 3.05) is 11.4 Å². The van der Waals surface area contributed by atoms with E-state index in [4.69, 9.17) is 20.0 Å². The van der Waals surface area contributed by atoms with Crippen molar-refractivity contribution in [1.82, 2.24) is 0 Å².